The average Bonchev–Trinajstić information content (AvgIpc) is 3.33. The zero-order valence-electron chi connectivity index (χ0n) is 26.8. The standard InChI is InChI=1S/C35H42N4O6S/c1-19(2)27-18-46-33(38-27)26-16-29(23-11-12-28(44-4)20(3)30(23)37-26)45-22-14-24-25(15-22)32(41)39-35(34(42)43)17-21(35)10-8-6-5-7-9-13-36-31(24)40/h8,10-12,16,18-19,21-22,24-25H,5-7,9,13-15,17H2,1-4H3,(H,36,40)(H,39,41)(H,42,43)/b10-8-/t21-,22+,24?,25-,35-/m1/s1. The molecule has 3 heterocycles. The number of carbonyl (C=O) groups excluding carboxylic acids is 2. The van der Waals surface area contributed by atoms with Crippen LogP contribution in [0.1, 0.15) is 76.0 Å². The van der Waals surface area contributed by atoms with Gasteiger partial charge >= 0.3 is 5.97 Å². The number of allylic oxidation sites excluding steroid dienone is 1. The molecule has 3 N–H and O–H groups in total. The molecule has 2 fully saturated rings. The molecule has 0 bridgehead atoms. The third-order valence-corrected chi connectivity index (χ3v) is 10.5. The zero-order chi connectivity index (χ0) is 32.6. The topological polar surface area (TPSA) is 140 Å². The molecule has 2 saturated carbocycles. The summed E-state index contributed by atoms with van der Waals surface area (Å²) in [6.07, 6.45) is 8.04. The molecule has 10 nitrogen and oxygen atoms in total. The summed E-state index contributed by atoms with van der Waals surface area (Å²) in [5.74, 6) is -1.70. The maximum Gasteiger partial charge on any atom is 0.330 e. The Bertz CT molecular complexity index is 1680. The quantitative estimate of drug-likeness (QED) is 0.287. The number of carbonyl (C=O) groups is 3. The molecule has 11 heteroatoms. The summed E-state index contributed by atoms with van der Waals surface area (Å²) >= 11 is 1.53. The number of nitrogens with one attached hydrogen (secondary N) is 2. The van der Waals surface area contributed by atoms with Gasteiger partial charge in [0.1, 0.15) is 33.8 Å². The Morgan fingerprint density at radius 1 is 1.09 bits per heavy atom. The summed E-state index contributed by atoms with van der Waals surface area (Å²) in [6.45, 7) is 6.69. The molecule has 2 amide bonds. The number of carboxylic acid groups (broad SMARTS) is 1. The number of carboxylic acids is 1. The van der Waals surface area contributed by atoms with E-state index >= 15 is 0 Å². The Balaban J connectivity index is 1.33. The zero-order valence-corrected chi connectivity index (χ0v) is 27.6. The fourth-order valence-corrected chi connectivity index (χ4v) is 7.71. The van der Waals surface area contributed by atoms with E-state index < -0.39 is 35.4 Å². The van der Waals surface area contributed by atoms with Crippen LogP contribution in [-0.4, -0.2) is 58.2 Å². The first-order chi connectivity index (χ1) is 22.1. The van der Waals surface area contributed by atoms with Gasteiger partial charge in [-0.05, 0) is 63.5 Å². The van der Waals surface area contributed by atoms with Gasteiger partial charge in [0, 0.05) is 34.9 Å². The van der Waals surface area contributed by atoms with Crippen molar-refractivity contribution in [1.29, 1.82) is 0 Å². The number of nitrogens with zero attached hydrogens (tertiary/aromatic N) is 2. The third-order valence-electron chi connectivity index (χ3n) is 9.64. The maximum absolute atomic E-state index is 13.8. The number of ether oxygens (including phenoxy) is 2. The van der Waals surface area contributed by atoms with Crippen molar-refractivity contribution >= 4 is 40.0 Å². The van der Waals surface area contributed by atoms with E-state index in [9.17, 15) is 19.5 Å². The second kappa shape index (κ2) is 13.0. The first-order valence-corrected chi connectivity index (χ1v) is 17.1. The lowest BCUT2D eigenvalue weighted by molar-refractivity contribution is -0.144. The van der Waals surface area contributed by atoms with Gasteiger partial charge in [0.15, 0.2) is 0 Å². The van der Waals surface area contributed by atoms with Crippen molar-refractivity contribution in [1.82, 2.24) is 20.6 Å². The largest absolute Gasteiger partial charge is 0.496 e. The number of pyridine rings is 1. The molecule has 0 saturated heterocycles. The predicted octanol–water partition coefficient (Wildman–Crippen LogP) is 5.78. The highest BCUT2D eigenvalue weighted by atomic mass is 32.1. The highest BCUT2D eigenvalue weighted by Crippen LogP contribution is 2.47. The average molecular weight is 647 g/mol. The van der Waals surface area contributed by atoms with Gasteiger partial charge < -0.3 is 25.2 Å². The molecular weight excluding hydrogens is 604 g/mol. The summed E-state index contributed by atoms with van der Waals surface area (Å²) in [5, 5.41) is 19.6. The number of fused-ring (bicyclic) bond motifs is 3. The van der Waals surface area contributed by atoms with E-state index in [4.69, 9.17) is 19.4 Å². The molecule has 244 valence electrons. The molecule has 1 unspecified atom stereocenters. The molecule has 0 radical (unpaired) electrons. The number of hydrogen-bond acceptors (Lipinski definition) is 8. The van der Waals surface area contributed by atoms with Gasteiger partial charge in [-0.3, -0.25) is 9.59 Å². The SMILES string of the molecule is COc1ccc2c(O[C@H]3CC4C(=O)NCCCCC/C=C\[C@@H]5C[C@@]5(C(=O)O)NC(=O)[C@@H]4C3)cc(-c3nc(C(C)C)cs3)nc2c1C. The van der Waals surface area contributed by atoms with E-state index in [2.05, 4.69) is 24.5 Å². The second-order valence-electron chi connectivity index (χ2n) is 13.1. The Morgan fingerprint density at radius 2 is 1.87 bits per heavy atom. The van der Waals surface area contributed by atoms with Gasteiger partial charge in [-0.15, -0.1) is 11.3 Å². The van der Waals surface area contributed by atoms with Crippen molar-refractivity contribution in [3.05, 3.63) is 47.0 Å². The van der Waals surface area contributed by atoms with Crippen molar-refractivity contribution in [3.8, 4) is 22.2 Å². The summed E-state index contributed by atoms with van der Waals surface area (Å²) < 4.78 is 12.3. The number of aliphatic carboxylic acids is 1. The van der Waals surface area contributed by atoms with Crippen LogP contribution in [-0.2, 0) is 14.4 Å². The molecular formula is C35H42N4O6S. The first-order valence-electron chi connectivity index (χ1n) is 16.2. The first kappa shape index (κ1) is 32.0. The van der Waals surface area contributed by atoms with Gasteiger partial charge in [0.05, 0.1) is 30.2 Å². The summed E-state index contributed by atoms with van der Waals surface area (Å²) in [6, 6.07) is 5.69. The van der Waals surface area contributed by atoms with E-state index in [0.29, 0.717) is 36.6 Å². The lowest BCUT2D eigenvalue weighted by Gasteiger charge is -2.21. The third kappa shape index (κ3) is 6.21. The molecule has 1 aliphatic heterocycles. The van der Waals surface area contributed by atoms with Gasteiger partial charge in [-0.25, -0.2) is 14.8 Å². The minimum absolute atomic E-state index is 0.194. The molecule has 2 aromatic heterocycles. The van der Waals surface area contributed by atoms with E-state index in [-0.39, 0.29) is 24.2 Å². The van der Waals surface area contributed by atoms with Crippen LogP contribution in [0.25, 0.3) is 21.6 Å². The van der Waals surface area contributed by atoms with E-state index in [1.165, 1.54) is 11.3 Å². The van der Waals surface area contributed by atoms with E-state index in [1.807, 2.05) is 42.7 Å². The fourth-order valence-electron chi connectivity index (χ4n) is 6.77. The highest BCUT2D eigenvalue weighted by Gasteiger charge is 2.61. The van der Waals surface area contributed by atoms with Crippen LogP contribution < -0.4 is 20.1 Å². The molecule has 1 aromatic carbocycles. The number of methoxy groups -OCH3 is 1. The highest BCUT2D eigenvalue weighted by molar-refractivity contribution is 7.13. The number of aryl methyl sites for hydroxylation is 1. The van der Waals surface area contributed by atoms with E-state index in [0.717, 1.165) is 52.9 Å². The van der Waals surface area contributed by atoms with Crippen LogP contribution in [0.15, 0.2) is 35.7 Å². The molecule has 2 aliphatic carbocycles. The van der Waals surface area contributed by atoms with Crippen LogP contribution in [0.2, 0.25) is 0 Å². The minimum atomic E-state index is -1.33. The molecule has 3 aliphatic rings. The van der Waals surface area contributed by atoms with Crippen LogP contribution in [0.5, 0.6) is 11.5 Å². The van der Waals surface area contributed by atoms with E-state index in [1.54, 1.807) is 7.11 Å². The van der Waals surface area contributed by atoms with Crippen molar-refractivity contribution < 1.29 is 29.0 Å². The number of hydrogen-bond donors (Lipinski definition) is 3. The summed E-state index contributed by atoms with van der Waals surface area (Å²) in [5.41, 5.74) is 1.93. The number of rotatable bonds is 6. The minimum Gasteiger partial charge on any atom is -0.496 e. The Labute approximate surface area is 273 Å². The normalized spacial score (nSPS) is 27.5. The van der Waals surface area contributed by atoms with Crippen LogP contribution in [0.3, 0.4) is 0 Å². The van der Waals surface area contributed by atoms with Crippen molar-refractivity contribution in [2.75, 3.05) is 13.7 Å². The van der Waals surface area contributed by atoms with Crippen LogP contribution in [0.4, 0.5) is 0 Å². The molecule has 46 heavy (non-hydrogen) atoms. The summed E-state index contributed by atoms with van der Waals surface area (Å²) in [4.78, 5) is 49.4. The molecule has 6 rings (SSSR count). The number of aromatic nitrogens is 2. The predicted molar refractivity (Wildman–Crippen MR) is 176 cm³/mol. The van der Waals surface area contributed by atoms with Gasteiger partial charge in [0.25, 0.3) is 0 Å². The van der Waals surface area contributed by atoms with Crippen molar-refractivity contribution in [2.45, 2.75) is 83.3 Å². The van der Waals surface area contributed by atoms with Crippen molar-refractivity contribution in [2.24, 2.45) is 17.8 Å². The van der Waals surface area contributed by atoms with Gasteiger partial charge in [0.2, 0.25) is 11.8 Å². The lowest BCUT2D eigenvalue weighted by Crippen LogP contribution is -2.49. The van der Waals surface area contributed by atoms with Gasteiger partial charge in [-0.2, -0.15) is 0 Å². The number of thiazole rings is 1. The van der Waals surface area contributed by atoms with Crippen molar-refractivity contribution in [3.63, 3.8) is 0 Å². The summed E-state index contributed by atoms with van der Waals surface area (Å²) in [7, 11) is 1.63. The molecule has 0 spiro atoms. The number of benzene rings is 1. The van der Waals surface area contributed by atoms with Crippen LogP contribution in [0, 0.1) is 24.7 Å². The number of amides is 2. The Morgan fingerprint density at radius 3 is 2.59 bits per heavy atom. The van der Waals surface area contributed by atoms with Crippen LogP contribution >= 0.6 is 11.3 Å². The Kier molecular flexibility index (Phi) is 9.05. The second-order valence-corrected chi connectivity index (χ2v) is 14.0. The fraction of sp³-hybridized carbons (Fsp3) is 0.514. The maximum atomic E-state index is 13.8. The molecule has 5 atom stereocenters. The Hall–Kier alpha value is -3.99. The van der Waals surface area contributed by atoms with Gasteiger partial charge in [-0.1, -0.05) is 32.4 Å². The smallest absolute Gasteiger partial charge is 0.330 e. The monoisotopic (exact) mass is 646 g/mol. The lowest BCUT2D eigenvalue weighted by atomic mass is 9.93. The molecule has 3 aromatic rings.